The number of hydrogen-bond donors (Lipinski definition) is 2. The molecule has 0 fully saturated rings. The van der Waals surface area contributed by atoms with E-state index in [0.717, 1.165) is 11.1 Å². The van der Waals surface area contributed by atoms with Crippen molar-refractivity contribution in [1.82, 2.24) is 0 Å². The van der Waals surface area contributed by atoms with Gasteiger partial charge in [-0.3, -0.25) is 9.52 Å². The van der Waals surface area contributed by atoms with Crippen LogP contribution in [-0.4, -0.2) is 14.3 Å². The summed E-state index contributed by atoms with van der Waals surface area (Å²) < 4.78 is 29.0. The molecule has 156 valence electrons. The van der Waals surface area contributed by atoms with Gasteiger partial charge in [-0.2, -0.15) is 0 Å². The van der Waals surface area contributed by atoms with Gasteiger partial charge >= 0.3 is 0 Å². The Morgan fingerprint density at radius 2 is 1.57 bits per heavy atom. The summed E-state index contributed by atoms with van der Waals surface area (Å²) in [4.78, 5) is 12.4. The summed E-state index contributed by atoms with van der Waals surface area (Å²) in [5, 5.41) is 3.13. The van der Waals surface area contributed by atoms with Crippen LogP contribution < -0.4 is 10.0 Å². The van der Waals surface area contributed by atoms with E-state index in [2.05, 4.69) is 26.0 Å². The molecule has 0 radical (unpaired) electrons. The highest BCUT2D eigenvalue weighted by molar-refractivity contribution is 9.10. The van der Waals surface area contributed by atoms with Crippen LogP contribution >= 0.6 is 39.1 Å². The molecule has 0 aromatic heterocycles. The summed E-state index contributed by atoms with van der Waals surface area (Å²) >= 11 is 15.5. The maximum Gasteiger partial charge on any atom is 0.263 e. The maximum atomic E-state index is 12.9. The van der Waals surface area contributed by atoms with Gasteiger partial charge in [-0.25, -0.2) is 8.42 Å². The van der Waals surface area contributed by atoms with Crippen LogP contribution in [-0.2, 0) is 10.0 Å². The molecule has 1 amide bonds. The molecule has 0 spiro atoms. The SMILES string of the molecule is Cc1ccc(NS(=O)(=O)c2cc(C(=O)Nc3ccc(Br)c(Cl)c3)ccc2Cl)cc1C. The quantitative estimate of drug-likeness (QED) is 0.401. The van der Waals surface area contributed by atoms with Crippen molar-refractivity contribution in [1.29, 1.82) is 0 Å². The van der Waals surface area contributed by atoms with Crippen LogP contribution in [0.4, 0.5) is 11.4 Å². The van der Waals surface area contributed by atoms with Crippen molar-refractivity contribution >= 4 is 66.4 Å². The average molecular weight is 528 g/mol. The lowest BCUT2D eigenvalue weighted by Gasteiger charge is -2.12. The number of aryl methyl sites for hydroxylation is 2. The lowest BCUT2D eigenvalue weighted by atomic mass is 10.1. The van der Waals surface area contributed by atoms with Gasteiger partial charge in [0.15, 0.2) is 0 Å². The zero-order chi connectivity index (χ0) is 22.1. The van der Waals surface area contributed by atoms with E-state index in [4.69, 9.17) is 23.2 Å². The summed E-state index contributed by atoms with van der Waals surface area (Å²) in [5.74, 6) is -0.493. The fourth-order valence-electron chi connectivity index (χ4n) is 2.64. The molecule has 9 heteroatoms. The minimum atomic E-state index is -4.00. The topological polar surface area (TPSA) is 75.3 Å². The highest BCUT2D eigenvalue weighted by atomic mass is 79.9. The fraction of sp³-hybridized carbons (Fsp3) is 0.0952. The Bertz CT molecular complexity index is 1250. The highest BCUT2D eigenvalue weighted by Gasteiger charge is 2.21. The van der Waals surface area contributed by atoms with Crippen molar-refractivity contribution < 1.29 is 13.2 Å². The van der Waals surface area contributed by atoms with Gasteiger partial charge in [0, 0.05) is 21.4 Å². The molecule has 0 aliphatic heterocycles. The first kappa shape index (κ1) is 22.6. The molecule has 0 heterocycles. The second-order valence-electron chi connectivity index (χ2n) is 6.63. The van der Waals surface area contributed by atoms with Gasteiger partial charge < -0.3 is 5.32 Å². The van der Waals surface area contributed by atoms with Crippen LogP contribution in [0.3, 0.4) is 0 Å². The fourth-order valence-corrected chi connectivity index (χ4v) is 4.65. The van der Waals surface area contributed by atoms with Crippen molar-refractivity contribution in [3.63, 3.8) is 0 Å². The number of sulfonamides is 1. The summed E-state index contributed by atoms with van der Waals surface area (Å²) in [6.07, 6.45) is 0. The Labute approximate surface area is 193 Å². The second kappa shape index (κ2) is 8.98. The minimum absolute atomic E-state index is 0.00886. The summed E-state index contributed by atoms with van der Waals surface area (Å²) in [6, 6.07) is 14.2. The van der Waals surface area contributed by atoms with Crippen molar-refractivity contribution in [2.24, 2.45) is 0 Å². The third-order valence-corrected chi connectivity index (χ3v) is 7.51. The summed E-state index contributed by atoms with van der Waals surface area (Å²) in [5.41, 5.74) is 3.01. The molecule has 3 aromatic carbocycles. The van der Waals surface area contributed by atoms with E-state index in [1.165, 1.54) is 18.2 Å². The Balaban J connectivity index is 1.88. The van der Waals surface area contributed by atoms with Gasteiger partial charge in [0.25, 0.3) is 15.9 Å². The van der Waals surface area contributed by atoms with Crippen LogP contribution in [0.1, 0.15) is 21.5 Å². The van der Waals surface area contributed by atoms with Crippen LogP contribution in [0.25, 0.3) is 0 Å². The van der Waals surface area contributed by atoms with Gasteiger partial charge in [0.2, 0.25) is 0 Å². The number of halogens is 3. The number of anilines is 2. The molecule has 3 aromatic rings. The van der Waals surface area contributed by atoms with E-state index in [9.17, 15) is 13.2 Å². The standard InChI is InChI=1S/C21H17BrCl2N2O3S/c1-12-3-5-16(9-13(12)2)26-30(28,29)20-10-14(4-8-18(20)23)21(27)25-15-6-7-17(22)19(24)11-15/h3-11,26H,1-2H3,(H,25,27). The Hall–Kier alpha value is -2.06. The van der Waals surface area contributed by atoms with Crippen LogP contribution in [0.15, 0.2) is 64.0 Å². The van der Waals surface area contributed by atoms with Gasteiger partial charge in [-0.15, -0.1) is 0 Å². The number of amides is 1. The van der Waals surface area contributed by atoms with Crippen LogP contribution in [0, 0.1) is 13.8 Å². The number of benzene rings is 3. The number of hydrogen-bond acceptors (Lipinski definition) is 3. The summed E-state index contributed by atoms with van der Waals surface area (Å²) in [6.45, 7) is 3.82. The number of nitrogens with one attached hydrogen (secondary N) is 2. The normalized spacial score (nSPS) is 11.2. The molecular formula is C21H17BrCl2N2O3S. The highest BCUT2D eigenvalue weighted by Crippen LogP contribution is 2.28. The number of carbonyl (C=O) groups excluding carboxylic acids is 1. The smallest absolute Gasteiger partial charge is 0.263 e. The number of rotatable bonds is 5. The Morgan fingerprint density at radius 1 is 0.867 bits per heavy atom. The molecule has 0 atom stereocenters. The van der Waals surface area contributed by atoms with Gasteiger partial charge in [-0.1, -0.05) is 29.3 Å². The maximum absolute atomic E-state index is 12.9. The molecule has 5 nitrogen and oxygen atoms in total. The average Bonchev–Trinajstić information content (AvgIpc) is 2.67. The third kappa shape index (κ3) is 5.16. The monoisotopic (exact) mass is 526 g/mol. The van der Waals surface area contributed by atoms with Crippen molar-refractivity contribution in [2.45, 2.75) is 18.7 Å². The molecule has 0 saturated heterocycles. The second-order valence-corrected chi connectivity index (χ2v) is 9.95. The molecular weight excluding hydrogens is 511 g/mol. The van der Waals surface area contributed by atoms with Crippen molar-refractivity contribution in [3.8, 4) is 0 Å². The van der Waals surface area contributed by atoms with Gasteiger partial charge in [0.1, 0.15) is 4.90 Å². The molecule has 0 unspecified atom stereocenters. The molecule has 0 saturated carbocycles. The van der Waals surface area contributed by atoms with Gasteiger partial charge in [-0.05, 0) is 89.4 Å². The van der Waals surface area contributed by atoms with Crippen molar-refractivity contribution in [3.05, 3.63) is 85.8 Å². The first-order valence-electron chi connectivity index (χ1n) is 8.73. The zero-order valence-electron chi connectivity index (χ0n) is 16.0. The lowest BCUT2D eigenvalue weighted by Crippen LogP contribution is -2.16. The van der Waals surface area contributed by atoms with Gasteiger partial charge in [0.05, 0.1) is 10.0 Å². The van der Waals surface area contributed by atoms with E-state index < -0.39 is 15.9 Å². The number of carbonyl (C=O) groups is 1. The lowest BCUT2D eigenvalue weighted by molar-refractivity contribution is 0.102. The minimum Gasteiger partial charge on any atom is -0.322 e. The zero-order valence-corrected chi connectivity index (χ0v) is 19.9. The molecule has 2 N–H and O–H groups in total. The molecule has 3 rings (SSSR count). The predicted molar refractivity (Wildman–Crippen MR) is 125 cm³/mol. The van der Waals surface area contributed by atoms with E-state index >= 15 is 0 Å². The van der Waals surface area contributed by atoms with E-state index in [1.54, 1.807) is 30.3 Å². The predicted octanol–water partition coefficient (Wildman–Crippen LogP) is 6.43. The Kier molecular flexibility index (Phi) is 6.77. The molecule has 0 aliphatic rings. The van der Waals surface area contributed by atoms with Crippen molar-refractivity contribution in [2.75, 3.05) is 10.0 Å². The van der Waals surface area contributed by atoms with E-state index in [-0.39, 0.29) is 15.5 Å². The van der Waals surface area contributed by atoms with E-state index in [0.29, 0.717) is 20.9 Å². The van der Waals surface area contributed by atoms with Crippen LogP contribution in [0.5, 0.6) is 0 Å². The first-order valence-corrected chi connectivity index (χ1v) is 11.8. The van der Waals surface area contributed by atoms with Crippen LogP contribution in [0.2, 0.25) is 10.0 Å². The Morgan fingerprint density at radius 3 is 2.23 bits per heavy atom. The first-order chi connectivity index (χ1) is 14.1. The van der Waals surface area contributed by atoms with E-state index in [1.807, 2.05) is 19.9 Å². The molecule has 0 aliphatic carbocycles. The molecule has 30 heavy (non-hydrogen) atoms. The third-order valence-electron chi connectivity index (χ3n) is 4.42. The molecule has 0 bridgehead atoms. The summed E-state index contributed by atoms with van der Waals surface area (Å²) in [7, 11) is -4.00. The largest absolute Gasteiger partial charge is 0.322 e.